The molecule has 1 aliphatic rings. The van der Waals surface area contributed by atoms with E-state index in [0.29, 0.717) is 22.8 Å². The van der Waals surface area contributed by atoms with E-state index < -0.39 is 10.0 Å². The summed E-state index contributed by atoms with van der Waals surface area (Å²) in [5, 5.41) is 4.44. The number of carbonyl (C=O) groups is 2. The molecule has 0 radical (unpaired) electrons. The van der Waals surface area contributed by atoms with Gasteiger partial charge in [0.2, 0.25) is 5.91 Å². The van der Waals surface area contributed by atoms with E-state index in [1.165, 1.54) is 16.3 Å². The Morgan fingerprint density at radius 3 is 2.58 bits per heavy atom. The molecule has 160 valence electrons. The topological polar surface area (TPSA) is 96.0 Å². The number of hydrogen-bond acceptors (Lipinski definition) is 6. The van der Waals surface area contributed by atoms with E-state index in [1.807, 2.05) is 0 Å². The van der Waals surface area contributed by atoms with Gasteiger partial charge in [-0.05, 0) is 47.8 Å². The molecule has 4 rings (SSSR count). The van der Waals surface area contributed by atoms with Crippen molar-refractivity contribution in [1.29, 1.82) is 0 Å². The summed E-state index contributed by atoms with van der Waals surface area (Å²) < 4.78 is 32.3. The zero-order chi connectivity index (χ0) is 22.0. The van der Waals surface area contributed by atoms with Crippen LogP contribution in [0.5, 0.6) is 5.75 Å². The monoisotopic (exact) mass is 457 g/mol. The molecule has 0 atom stereocenters. The summed E-state index contributed by atoms with van der Waals surface area (Å²) in [7, 11) is -2.14. The predicted molar refractivity (Wildman–Crippen MR) is 119 cm³/mol. The number of ether oxygens (including phenoxy) is 1. The number of nitrogens with one attached hydrogen (secondary N) is 1. The van der Waals surface area contributed by atoms with Crippen LogP contribution in [0.15, 0.2) is 70.3 Å². The number of rotatable bonds is 6. The summed E-state index contributed by atoms with van der Waals surface area (Å²) in [5.74, 6) is -0.219. The number of sulfonamides is 1. The minimum Gasteiger partial charge on any atom is -0.484 e. The van der Waals surface area contributed by atoms with Crippen molar-refractivity contribution >= 4 is 50.2 Å². The zero-order valence-corrected chi connectivity index (χ0v) is 18.2. The summed E-state index contributed by atoms with van der Waals surface area (Å²) in [5.41, 5.74) is 1.66. The number of nitrogens with zero attached hydrogens (tertiary/aromatic N) is 2. The van der Waals surface area contributed by atoms with Gasteiger partial charge in [0.25, 0.3) is 15.9 Å². The first-order chi connectivity index (χ1) is 14.9. The maximum atomic E-state index is 12.7. The molecule has 8 nitrogen and oxygen atoms in total. The minimum absolute atomic E-state index is 0.0798. The number of fused-ring (bicyclic) bond motifs is 1. The lowest BCUT2D eigenvalue weighted by molar-refractivity contribution is -0.123. The number of para-hydroxylation sites is 2. The second kappa shape index (κ2) is 8.40. The normalized spacial score (nSPS) is 13.3. The highest BCUT2D eigenvalue weighted by atomic mass is 32.2. The van der Waals surface area contributed by atoms with Gasteiger partial charge in [-0.3, -0.25) is 18.8 Å². The van der Waals surface area contributed by atoms with Gasteiger partial charge in [0, 0.05) is 7.05 Å². The van der Waals surface area contributed by atoms with E-state index in [0.717, 1.165) is 11.3 Å². The van der Waals surface area contributed by atoms with Gasteiger partial charge >= 0.3 is 0 Å². The Kier molecular flexibility index (Phi) is 5.66. The minimum atomic E-state index is -3.62. The summed E-state index contributed by atoms with van der Waals surface area (Å²) in [6.07, 6.45) is 0. The van der Waals surface area contributed by atoms with Gasteiger partial charge in [-0.25, -0.2) is 8.42 Å². The van der Waals surface area contributed by atoms with Crippen molar-refractivity contribution in [2.45, 2.75) is 4.21 Å². The van der Waals surface area contributed by atoms with Crippen molar-refractivity contribution in [2.24, 2.45) is 0 Å². The largest absolute Gasteiger partial charge is 0.484 e. The molecule has 0 bridgehead atoms. The fourth-order valence-electron chi connectivity index (χ4n) is 3.12. The van der Waals surface area contributed by atoms with Crippen molar-refractivity contribution in [3.05, 3.63) is 66.0 Å². The standard InChI is InChI=1S/C21H19N3O5S2/c1-23(31(27,28)21-7-4-12-30-21)15-8-10-16(11-9-15)29-14-20(26)24-13-19(25)22-17-5-2-3-6-18(17)24/h2-12H,13-14H2,1H3,(H,22,25). The second-order valence-corrected chi connectivity index (χ2v) is 9.88. The maximum Gasteiger partial charge on any atom is 0.273 e. The van der Waals surface area contributed by atoms with Gasteiger partial charge in [0.1, 0.15) is 16.5 Å². The molecule has 2 amide bonds. The van der Waals surface area contributed by atoms with Crippen LogP contribution in [0.1, 0.15) is 0 Å². The summed E-state index contributed by atoms with van der Waals surface area (Å²) in [6.45, 7) is -0.339. The van der Waals surface area contributed by atoms with Gasteiger partial charge < -0.3 is 10.1 Å². The number of hydrogen-bond donors (Lipinski definition) is 1. The molecular formula is C21H19N3O5S2. The molecule has 0 aliphatic carbocycles. The molecule has 1 aliphatic heterocycles. The van der Waals surface area contributed by atoms with Gasteiger partial charge in [-0.2, -0.15) is 0 Å². The molecule has 2 aromatic carbocycles. The fraction of sp³-hybridized carbons (Fsp3) is 0.143. The predicted octanol–water partition coefficient (Wildman–Crippen LogP) is 2.94. The lowest BCUT2D eigenvalue weighted by Gasteiger charge is -2.29. The molecule has 31 heavy (non-hydrogen) atoms. The Bertz CT molecular complexity index is 1210. The number of amides is 2. The van der Waals surface area contributed by atoms with Crippen LogP contribution in [-0.4, -0.2) is 40.4 Å². The highest BCUT2D eigenvalue weighted by Crippen LogP contribution is 2.29. The van der Waals surface area contributed by atoms with Gasteiger partial charge in [-0.1, -0.05) is 18.2 Å². The summed E-state index contributed by atoms with van der Waals surface area (Å²) >= 11 is 1.15. The Labute approximate surface area is 183 Å². The van der Waals surface area contributed by atoms with E-state index in [-0.39, 0.29) is 29.2 Å². The van der Waals surface area contributed by atoms with Crippen LogP contribution in [-0.2, 0) is 19.6 Å². The van der Waals surface area contributed by atoms with Crippen LogP contribution in [0.25, 0.3) is 0 Å². The second-order valence-electron chi connectivity index (χ2n) is 6.73. The summed E-state index contributed by atoms with van der Waals surface area (Å²) in [4.78, 5) is 25.9. The van der Waals surface area contributed by atoms with Gasteiger partial charge in [0.15, 0.2) is 6.61 Å². The highest BCUT2D eigenvalue weighted by molar-refractivity contribution is 7.94. The van der Waals surface area contributed by atoms with Crippen molar-refractivity contribution in [3.63, 3.8) is 0 Å². The summed E-state index contributed by atoms with van der Waals surface area (Å²) in [6, 6.07) is 16.7. The van der Waals surface area contributed by atoms with Crippen LogP contribution >= 0.6 is 11.3 Å². The SMILES string of the molecule is CN(c1ccc(OCC(=O)N2CC(=O)Nc3ccccc32)cc1)S(=O)(=O)c1cccs1. The smallest absolute Gasteiger partial charge is 0.273 e. The lowest BCUT2D eigenvalue weighted by atomic mass is 10.2. The molecular weight excluding hydrogens is 438 g/mol. The van der Waals surface area contributed by atoms with Crippen LogP contribution in [0.2, 0.25) is 0 Å². The van der Waals surface area contributed by atoms with Crippen LogP contribution in [0, 0.1) is 0 Å². The van der Waals surface area contributed by atoms with Crippen LogP contribution < -0.4 is 19.3 Å². The highest BCUT2D eigenvalue weighted by Gasteiger charge is 2.27. The molecule has 1 N–H and O–H groups in total. The lowest BCUT2D eigenvalue weighted by Crippen LogP contribution is -2.44. The Morgan fingerprint density at radius 1 is 1.13 bits per heavy atom. The maximum absolute atomic E-state index is 12.7. The van der Waals surface area contributed by atoms with Gasteiger partial charge in [-0.15, -0.1) is 11.3 Å². The molecule has 2 heterocycles. The molecule has 1 aromatic heterocycles. The first kappa shape index (κ1) is 20.9. The molecule has 0 saturated carbocycles. The van der Waals surface area contributed by atoms with Crippen molar-refractivity contribution < 1.29 is 22.7 Å². The third-order valence-corrected chi connectivity index (χ3v) is 7.90. The molecule has 0 saturated heterocycles. The van der Waals surface area contributed by atoms with E-state index >= 15 is 0 Å². The zero-order valence-electron chi connectivity index (χ0n) is 16.5. The first-order valence-electron chi connectivity index (χ1n) is 9.31. The van der Waals surface area contributed by atoms with Crippen molar-refractivity contribution in [1.82, 2.24) is 0 Å². The first-order valence-corrected chi connectivity index (χ1v) is 11.6. The Hall–Kier alpha value is -3.37. The number of thiophene rings is 1. The molecule has 10 heteroatoms. The van der Waals surface area contributed by atoms with Crippen molar-refractivity contribution in [2.75, 3.05) is 34.7 Å². The van der Waals surface area contributed by atoms with E-state index in [2.05, 4.69) is 5.32 Å². The Morgan fingerprint density at radius 2 is 1.87 bits per heavy atom. The molecule has 3 aromatic rings. The quantitative estimate of drug-likeness (QED) is 0.614. The third-order valence-electron chi connectivity index (χ3n) is 4.74. The van der Waals surface area contributed by atoms with Gasteiger partial charge in [0.05, 0.1) is 17.1 Å². The number of benzene rings is 2. The number of carbonyl (C=O) groups excluding carboxylic acids is 2. The van der Waals surface area contributed by atoms with E-state index in [1.54, 1.807) is 66.0 Å². The molecule has 0 fully saturated rings. The van der Waals surface area contributed by atoms with E-state index in [4.69, 9.17) is 4.74 Å². The van der Waals surface area contributed by atoms with Crippen LogP contribution in [0.4, 0.5) is 17.1 Å². The average Bonchev–Trinajstić information content (AvgIpc) is 3.32. The third kappa shape index (κ3) is 4.25. The molecule has 0 spiro atoms. The number of anilines is 3. The fourth-order valence-corrected chi connectivity index (χ4v) is 5.47. The van der Waals surface area contributed by atoms with Crippen molar-refractivity contribution in [3.8, 4) is 5.75 Å². The average molecular weight is 458 g/mol. The van der Waals surface area contributed by atoms with Crippen LogP contribution in [0.3, 0.4) is 0 Å². The van der Waals surface area contributed by atoms with E-state index in [9.17, 15) is 18.0 Å². The Balaban J connectivity index is 1.42. The molecule has 0 unspecified atom stereocenters.